The Bertz CT molecular complexity index is 404. The van der Waals surface area contributed by atoms with Crippen LogP contribution in [0.3, 0.4) is 0 Å². The lowest BCUT2D eigenvalue weighted by atomic mass is 9.70. The van der Waals surface area contributed by atoms with Gasteiger partial charge in [-0.15, -0.1) is 0 Å². The summed E-state index contributed by atoms with van der Waals surface area (Å²) in [4.78, 5) is 11.2. The van der Waals surface area contributed by atoms with E-state index in [4.69, 9.17) is 0 Å². The minimum absolute atomic E-state index is 0.0663. The van der Waals surface area contributed by atoms with Crippen LogP contribution in [0.4, 0.5) is 4.39 Å². The van der Waals surface area contributed by atoms with Crippen LogP contribution in [-0.4, -0.2) is 17.5 Å². The van der Waals surface area contributed by atoms with Crippen molar-refractivity contribution >= 4 is 5.78 Å². The third kappa shape index (κ3) is 2.91. The monoisotopic (exact) mass is 236 g/mol. The van der Waals surface area contributed by atoms with Crippen molar-refractivity contribution in [3.8, 4) is 0 Å². The minimum atomic E-state index is -0.248. The normalized spacial score (nSPS) is 19.3. The molecule has 0 atom stereocenters. The largest absolute Gasteiger partial charge is 0.396 e. The zero-order chi connectivity index (χ0) is 12.3. The Kier molecular flexibility index (Phi) is 3.57. The predicted molar refractivity (Wildman–Crippen MR) is 63.1 cm³/mol. The van der Waals surface area contributed by atoms with E-state index >= 15 is 0 Å². The Morgan fingerprint density at radius 3 is 2.59 bits per heavy atom. The fraction of sp³-hybridized carbons (Fsp3) is 0.500. The number of ketones is 1. The van der Waals surface area contributed by atoms with Crippen LogP contribution in [0.25, 0.3) is 0 Å². The van der Waals surface area contributed by atoms with Gasteiger partial charge in [0.2, 0.25) is 0 Å². The second-order valence-corrected chi connectivity index (χ2v) is 5.00. The minimum Gasteiger partial charge on any atom is -0.396 e. The van der Waals surface area contributed by atoms with Gasteiger partial charge in [-0.2, -0.15) is 0 Å². The standard InChI is InChI=1S/C14H17FO2/c15-12-3-1-2-11(8-12)9-14(10-16)6-4-13(17)5-7-14/h1-3,8,16H,4-7,9-10H2. The smallest absolute Gasteiger partial charge is 0.132 e. The Morgan fingerprint density at radius 2 is 2.00 bits per heavy atom. The molecule has 0 aromatic heterocycles. The third-order valence-electron chi connectivity index (χ3n) is 3.67. The van der Waals surface area contributed by atoms with Crippen LogP contribution in [-0.2, 0) is 11.2 Å². The second-order valence-electron chi connectivity index (χ2n) is 5.00. The SMILES string of the molecule is O=C1CCC(CO)(Cc2cccc(F)c2)CC1. The van der Waals surface area contributed by atoms with Crippen LogP contribution < -0.4 is 0 Å². The first-order chi connectivity index (χ1) is 8.13. The Balaban J connectivity index is 2.12. The summed E-state index contributed by atoms with van der Waals surface area (Å²) in [7, 11) is 0. The maximum atomic E-state index is 13.1. The van der Waals surface area contributed by atoms with Crippen molar-refractivity contribution < 1.29 is 14.3 Å². The molecule has 2 rings (SSSR count). The molecule has 2 nitrogen and oxygen atoms in total. The molecule has 92 valence electrons. The molecule has 1 aromatic rings. The molecule has 0 radical (unpaired) electrons. The molecule has 1 aromatic carbocycles. The van der Waals surface area contributed by atoms with Crippen molar-refractivity contribution in [1.82, 2.24) is 0 Å². The molecule has 17 heavy (non-hydrogen) atoms. The first kappa shape index (κ1) is 12.2. The molecular formula is C14H17FO2. The van der Waals surface area contributed by atoms with E-state index in [2.05, 4.69) is 0 Å². The fourth-order valence-electron chi connectivity index (χ4n) is 2.53. The molecule has 0 aliphatic heterocycles. The molecule has 1 saturated carbocycles. The molecular weight excluding hydrogens is 219 g/mol. The van der Waals surface area contributed by atoms with Crippen LogP contribution >= 0.6 is 0 Å². The second kappa shape index (κ2) is 4.96. The molecule has 0 spiro atoms. The lowest BCUT2D eigenvalue weighted by molar-refractivity contribution is -0.123. The number of carbonyl (C=O) groups is 1. The van der Waals surface area contributed by atoms with Crippen molar-refractivity contribution in [2.24, 2.45) is 5.41 Å². The lowest BCUT2D eigenvalue weighted by Crippen LogP contribution is -2.33. The van der Waals surface area contributed by atoms with Gasteiger partial charge in [0, 0.05) is 19.4 Å². The van der Waals surface area contributed by atoms with Gasteiger partial charge in [-0.1, -0.05) is 12.1 Å². The van der Waals surface area contributed by atoms with E-state index < -0.39 is 0 Å². The first-order valence-corrected chi connectivity index (χ1v) is 6.01. The maximum Gasteiger partial charge on any atom is 0.132 e. The number of carbonyl (C=O) groups excluding carboxylic acids is 1. The number of benzene rings is 1. The molecule has 0 amide bonds. The summed E-state index contributed by atoms with van der Waals surface area (Å²) in [5, 5.41) is 9.55. The number of hydrogen-bond donors (Lipinski definition) is 1. The number of rotatable bonds is 3. The zero-order valence-electron chi connectivity index (χ0n) is 9.79. The van der Waals surface area contributed by atoms with E-state index in [0.29, 0.717) is 32.1 Å². The van der Waals surface area contributed by atoms with Gasteiger partial charge in [-0.3, -0.25) is 4.79 Å². The molecule has 3 heteroatoms. The van der Waals surface area contributed by atoms with E-state index in [1.165, 1.54) is 12.1 Å². The van der Waals surface area contributed by atoms with Crippen molar-refractivity contribution in [2.75, 3.05) is 6.61 Å². The van der Waals surface area contributed by atoms with Crippen molar-refractivity contribution in [2.45, 2.75) is 32.1 Å². The van der Waals surface area contributed by atoms with Crippen molar-refractivity contribution in [1.29, 1.82) is 0 Å². The van der Waals surface area contributed by atoms with Crippen LogP contribution in [0.15, 0.2) is 24.3 Å². The van der Waals surface area contributed by atoms with Gasteiger partial charge in [0.05, 0.1) is 0 Å². The molecule has 0 saturated heterocycles. The Morgan fingerprint density at radius 1 is 1.29 bits per heavy atom. The topological polar surface area (TPSA) is 37.3 Å². The quantitative estimate of drug-likeness (QED) is 0.875. The highest BCUT2D eigenvalue weighted by Gasteiger charge is 2.34. The van der Waals surface area contributed by atoms with Crippen LogP contribution in [0, 0.1) is 11.2 Å². The molecule has 0 bridgehead atoms. The van der Waals surface area contributed by atoms with Crippen LogP contribution in [0.2, 0.25) is 0 Å². The Labute approximate surface area is 100 Å². The van der Waals surface area contributed by atoms with Gasteiger partial charge in [0.15, 0.2) is 0 Å². The predicted octanol–water partition coefficient (Wildman–Crippen LogP) is 2.49. The van der Waals surface area contributed by atoms with Gasteiger partial charge in [-0.05, 0) is 42.4 Å². The van der Waals surface area contributed by atoms with E-state index in [9.17, 15) is 14.3 Å². The van der Waals surface area contributed by atoms with E-state index in [1.54, 1.807) is 6.07 Å². The highest BCUT2D eigenvalue weighted by molar-refractivity contribution is 5.79. The summed E-state index contributed by atoms with van der Waals surface area (Å²) in [5.41, 5.74) is 0.662. The average Bonchev–Trinajstić information content (AvgIpc) is 2.33. The van der Waals surface area contributed by atoms with E-state index in [-0.39, 0.29) is 23.6 Å². The van der Waals surface area contributed by atoms with Gasteiger partial charge >= 0.3 is 0 Å². The van der Waals surface area contributed by atoms with Gasteiger partial charge in [0.1, 0.15) is 11.6 Å². The number of halogens is 1. The highest BCUT2D eigenvalue weighted by atomic mass is 19.1. The van der Waals surface area contributed by atoms with Gasteiger partial charge < -0.3 is 5.11 Å². The van der Waals surface area contributed by atoms with Crippen LogP contribution in [0.1, 0.15) is 31.2 Å². The molecule has 0 heterocycles. The summed E-state index contributed by atoms with van der Waals surface area (Å²) in [5.74, 6) is 0.0239. The number of aliphatic hydroxyl groups is 1. The number of Topliss-reactive ketones (excluding diaryl/α,β-unsaturated/α-hetero) is 1. The number of hydrogen-bond acceptors (Lipinski definition) is 2. The molecule has 1 aliphatic rings. The Hall–Kier alpha value is -1.22. The first-order valence-electron chi connectivity index (χ1n) is 6.01. The summed E-state index contributed by atoms with van der Waals surface area (Å²) in [6.07, 6.45) is 3.14. The number of aliphatic hydroxyl groups excluding tert-OH is 1. The van der Waals surface area contributed by atoms with E-state index in [0.717, 1.165) is 5.56 Å². The van der Waals surface area contributed by atoms with Crippen molar-refractivity contribution in [3.63, 3.8) is 0 Å². The summed E-state index contributed by atoms with van der Waals surface area (Å²) < 4.78 is 13.1. The van der Waals surface area contributed by atoms with Gasteiger partial charge in [-0.25, -0.2) is 4.39 Å². The van der Waals surface area contributed by atoms with E-state index in [1.807, 2.05) is 6.07 Å². The molecule has 1 aliphatic carbocycles. The average molecular weight is 236 g/mol. The van der Waals surface area contributed by atoms with Crippen molar-refractivity contribution in [3.05, 3.63) is 35.6 Å². The third-order valence-corrected chi connectivity index (χ3v) is 3.67. The molecule has 1 N–H and O–H groups in total. The summed E-state index contributed by atoms with van der Waals surface area (Å²) >= 11 is 0. The molecule has 1 fully saturated rings. The molecule has 0 unspecified atom stereocenters. The van der Waals surface area contributed by atoms with Gasteiger partial charge in [0.25, 0.3) is 0 Å². The summed E-state index contributed by atoms with van der Waals surface area (Å²) in [6.45, 7) is 0.0663. The fourth-order valence-corrected chi connectivity index (χ4v) is 2.53. The summed E-state index contributed by atoms with van der Waals surface area (Å²) in [6, 6.07) is 6.48. The zero-order valence-corrected chi connectivity index (χ0v) is 9.79. The maximum absolute atomic E-state index is 13.1. The lowest BCUT2D eigenvalue weighted by Gasteiger charge is -2.35. The highest BCUT2D eigenvalue weighted by Crippen LogP contribution is 2.37. The van der Waals surface area contributed by atoms with Crippen LogP contribution in [0.5, 0.6) is 0 Å².